The molecule has 0 N–H and O–H groups in total. The number of hydrogen-bond acceptors (Lipinski definition) is 2. The Kier molecular flexibility index (Phi) is 3.89. The minimum Gasteiger partial charge on any atom is -0.295 e. The molecule has 0 aliphatic heterocycles. The Balaban J connectivity index is 2.72. The fraction of sp³-hybridized carbons (Fsp3) is 0.364. The zero-order chi connectivity index (χ0) is 11.3. The fourth-order valence-electron chi connectivity index (χ4n) is 1.35. The zero-order valence-electron chi connectivity index (χ0n) is 8.84. The number of ketones is 1. The Bertz CT molecular complexity index is 391. The van der Waals surface area contributed by atoms with Crippen molar-refractivity contribution in [3.05, 3.63) is 45.8 Å². The molecule has 0 aliphatic rings. The Morgan fingerprint density at radius 1 is 1.47 bits per heavy atom. The first-order chi connectivity index (χ1) is 7.13. The van der Waals surface area contributed by atoms with Gasteiger partial charge >= 0.3 is 0 Å². The molecule has 0 aromatic heterocycles. The van der Waals surface area contributed by atoms with Gasteiger partial charge in [-0.1, -0.05) is 36.3 Å². The average molecular weight is 203 g/mol. The quantitative estimate of drug-likeness (QED) is 0.321. The maximum Gasteiger partial charge on any atom is 0.159 e. The van der Waals surface area contributed by atoms with Crippen LogP contribution in [0.25, 0.3) is 10.4 Å². The zero-order valence-corrected chi connectivity index (χ0v) is 8.84. The molecular weight excluding hydrogens is 190 g/mol. The highest BCUT2D eigenvalue weighted by Gasteiger charge is 2.02. The molecule has 0 saturated carbocycles. The van der Waals surface area contributed by atoms with E-state index in [1.807, 2.05) is 19.1 Å². The first-order valence-electron chi connectivity index (χ1n) is 4.77. The summed E-state index contributed by atoms with van der Waals surface area (Å²) in [4.78, 5) is 13.8. The molecule has 78 valence electrons. The molecule has 1 aromatic carbocycles. The number of hydrogen-bond donors (Lipinski definition) is 0. The molecule has 1 rings (SSSR count). The number of rotatable bonds is 4. The van der Waals surface area contributed by atoms with Crippen LogP contribution in [0.5, 0.6) is 0 Å². The number of Topliss-reactive ketones (excluding diaryl/α,β-unsaturated/α-hetero) is 1. The van der Waals surface area contributed by atoms with Crippen molar-refractivity contribution < 1.29 is 4.79 Å². The van der Waals surface area contributed by atoms with E-state index >= 15 is 0 Å². The molecule has 0 fully saturated rings. The van der Waals surface area contributed by atoms with E-state index in [0.29, 0.717) is 12.0 Å². The molecule has 15 heavy (non-hydrogen) atoms. The summed E-state index contributed by atoms with van der Waals surface area (Å²) in [5.74, 6) is 0.0599. The molecule has 0 unspecified atom stereocenters. The molecule has 1 atom stereocenters. The van der Waals surface area contributed by atoms with E-state index in [1.165, 1.54) is 6.92 Å². The summed E-state index contributed by atoms with van der Waals surface area (Å²) in [6.07, 6.45) is 0.697. The smallest absolute Gasteiger partial charge is 0.159 e. The van der Waals surface area contributed by atoms with Gasteiger partial charge in [0.15, 0.2) is 5.78 Å². The molecule has 4 nitrogen and oxygen atoms in total. The number of azide groups is 1. The Hall–Kier alpha value is -1.80. The van der Waals surface area contributed by atoms with Crippen LogP contribution in [0.15, 0.2) is 29.4 Å². The predicted octanol–water partition coefficient (Wildman–Crippen LogP) is 3.13. The molecule has 0 amide bonds. The van der Waals surface area contributed by atoms with Crippen LogP contribution >= 0.6 is 0 Å². The number of nitrogens with zero attached hydrogens (tertiary/aromatic N) is 3. The van der Waals surface area contributed by atoms with Crippen molar-refractivity contribution in [1.82, 2.24) is 0 Å². The van der Waals surface area contributed by atoms with Crippen molar-refractivity contribution in [3.63, 3.8) is 0 Å². The molecule has 0 bridgehead atoms. The lowest BCUT2D eigenvalue weighted by atomic mass is 10.0. The standard InChI is InChI=1S/C11H13N3O/c1-8(13-14-12)7-10-3-5-11(6-4-10)9(2)15/h3-6,8H,7H2,1-2H3/t8-/m0/s1. The Morgan fingerprint density at radius 3 is 2.53 bits per heavy atom. The van der Waals surface area contributed by atoms with Crippen LogP contribution in [0.3, 0.4) is 0 Å². The topological polar surface area (TPSA) is 65.8 Å². The second-order valence-electron chi connectivity index (χ2n) is 3.51. The fourth-order valence-corrected chi connectivity index (χ4v) is 1.35. The number of benzene rings is 1. The van der Waals surface area contributed by atoms with E-state index in [2.05, 4.69) is 10.0 Å². The van der Waals surface area contributed by atoms with Crippen LogP contribution in [0.4, 0.5) is 0 Å². The normalized spacial score (nSPS) is 11.6. The highest BCUT2D eigenvalue weighted by atomic mass is 16.1. The highest BCUT2D eigenvalue weighted by Crippen LogP contribution is 2.09. The van der Waals surface area contributed by atoms with Gasteiger partial charge in [-0.15, -0.1) is 0 Å². The van der Waals surface area contributed by atoms with Gasteiger partial charge in [-0.2, -0.15) is 0 Å². The van der Waals surface area contributed by atoms with E-state index < -0.39 is 0 Å². The summed E-state index contributed by atoms with van der Waals surface area (Å²) in [6.45, 7) is 3.40. The first-order valence-corrected chi connectivity index (χ1v) is 4.77. The van der Waals surface area contributed by atoms with Gasteiger partial charge < -0.3 is 0 Å². The SMILES string of the molecule is CC(=O)c1ccc(C[C@H](C)N=[N+]=[N-])cc1. The molecule has 0 aliphatic carbocycles. The summed E-state index contributed by atoms with van der Waals surface area (Å²) in [5, 5.41) is 3.59. The third kappa shape index (κ3) is 3.44. The Morgan fingerprint density at radius 2 is 2.07 bits per heavy atom. The van der Waals surface area contributed by atoms with E-state index in [0.717, 1.165) is 5.56 Å². The highest BCUT2D eigenvalue weighted by molar-refractivity contribution is 5.93. The first kappa shape index (κ1) is 11.3. The van der Waals surface area contributed by atoms with Gasteiger partial charge in [-0.3, -0.25) is 4.79 Å². The molecule has 0 saturated heterocycles. The van der Waals surface area contributed by atoms with E-state index in [1.54, 1.807) is 12.1 Å². The lowest BCUT2D eigenvalue weighted by Gasteiger charge is -2.04. The Labute approximate surface area is 88.6 Å². The van der Waals surface area contributed by atoms with Crippen molar-refractivity contribution in [2.45, 2.75) is 26.3 Å². The lowest BCUT2D eigenvalue weighted by molar-refractivity contribution is 0.101. The van der Waals surface area contributed by atoms with Crippen molar-refractivity contribution in [1.29, 1.82) is 0 Å². The second-order valence-corrected chi connectivity index (χ2v) is 3.51. The summed E-state index contributed by atoms with van der Waals surface area (Å²) in [6, 6.07) is 7.31. The minimum absolute atomic E-state index is 0.0572. The van der Waals surface area contributed by atoms with Crippen LogP contribution in [0, 0.1) is 0 Å². The van der Waals surface area contributed by atoms with E-state index in [-0.39, 0.29) is 11.8 Å². The second kappa shape index (κ2) is 5.17. The van der Waals surface area contributed by atoms with Crippen molar-refractivity contribution in [3.8, 4) is 0 Å². The van der Waals surface area contributed by atoms with Crippen molar-refractivity contribution in [2.24, 2.45) is 5.11 Å². The molecule has 0 radical (unpaired) electrons. The largest absolute Gasteiger partial charge is 0.295 e. The average Bonchev–Trinajstić information content (AvgIpc) is 2.18. The molecular formula is C11H13N3O. The van der Waals surface area contributed by atoms with Crippen molar-refractivity contribution >= 4 is 5.78 Å². The molecule has 0 heterocycles. The van der Waals surface area contributed by atoms with Crippen LogP contribution in [0.2, 0.25) is 0 Å². The van der Waals surface area contributed by atoms with E-state index in [9.17, 15) is 4.79 Å². The van der Waals surface area contributed by atoms with Crippen molar-refractivity contribution in [2.75, 3.05) is 0 Å². The predicted molar refractivity (Wildman–Crippen MR) is 58.8 cm³/mol. The summed E-state index contributed by atoms with van der Waals surface area (Å²) >= 11 is 0. The van der Waals surface area contributed by atoms with Gasteiger partial charge in [0, 0.05) is 16.5 Å². The third-order valence-electron chi connectivity index (χ3n) is 2.14. The molecule has 4 heteroatoms. The van der Waals surface area contributed by atoms with Gasteiger partial charge in [-0.25, -0.2) is 0 Å². The van der Waals surface area contributed by atoms with Gasteiger partial charge in [0.2, 0.25) is 0 Å². The van der Waals surface area contributed by atoms with Gasteiger partial charge in [0.05, 0.1) is 0 Å². The lowest BCUT2D eigenvalue weighted by Crippen LogP contribution is -2.02. The summed E-state index contributed by atoms with van der Waals surface area (Å²) in [7, 11) is 0. The van der Waals surface area contributed by atoms with E-state index in [4.69, 9.17) is 5.53 Å². The van der Waals surface area contributed by atoms with Crippen LogP contribution in [-0.4, -0.2) is 11.8 Å². The van der Waals surface area contributed by atoms with Gasteiger partial charge in [0.25, 0.3) is 0 Å². The molecule has 0 spiro atoms. The maximum absolute atomic E-state index is 11.0. The van der Waals surface area contributed by atoms with Crippen LogP contribution < -0.4 is 0 Å². The number of carbonyl (C=O) groups excluding carboxylic acids is 1. The van der Waals surface area contributed by atoms with Crippen LogP contribution in [0.1, 0.15) is 29.8 Å². The maximum atomic E-state index is 11.0. The third-order valence-corrected chi connectivity index (χ3v) is 2.14. The summed E-state index contributed by atoms with van der Waals surface area (Å²) < 4.78 is 0. The summed E-state index contributed by atoms with van der Waals surface area (Å²) in [5.41, 5.74) is 10.0. The monoisotopic (exact) mass is 203 g/mol. The minimum atomic E-state index is -0.0572. The van der Waals surface area contributed by atoms with Gasteiger partial charge in [-0.05, 0) is 24.4 Å². The van der Waals surface area contributed by atoms with Crippen LogP contribution in [-0.2, 0) is 6.42 Å². The van der Waals surface area contributed by atoms with Gasteiger partial charge in [0.1, 0.15) is 0 Å². The molecule has 1 aromatic rings. The number of carbonyl (C=O) groups is 1.